The van der Waals surface area contributed by atoms with Crippen LogP contribution in [-0.4, -0.2) is 17.6 Å². The lowest BCUT2D eigenvalue weighted by atomic mass is 10.0. The lowest BCUT2D eigenvalue weighted by Gasteiger charge is -2.08. The molecule has 3 rings (SSSR count). The standard InChI is InChI=1S/C18H23N3O2S/c1-2-3-12-23-14-10-8-13(9-11-14)19-17(22)21-18-20-15-6-4-5-7-16(15)24-18/h8-11H,2-7,12H2,1H3,(H2,19,20,21,22). The molecule has 0 radical (unpaired) electrons. The van der Waals surface area contributed by atoms with Gasteiger partial charge in [-0.25, -0.2) is 9.78 Å². The first-order chi connectivity index (χ1) is 11.7. The number of nitrogens with zero attached hydrogens (tertiary/aromatic N) is 1. The van der Waals surface area contributed by atoms with E-state index in [1.54, 1.807) is 11.3 Å². The lowest BCUT2D eigenvalue weighted by molar-refractivity contribution is 0.262. The smallest absolute Gasteiger partial charge is 0.325 e. The van der Waals surface area contributed by atoms with Crippen LogP contribution in [0, 0.1) is 0 Å². The van der Waals surface area contributed by atoms with Crippen molar-refractivity contribution in [1.82, 2.24) is 4.98 Å². The van der Waals surface area contributed by atoms with E-state index in [0.717, 1.165) is 49.4 Å². The Morgan fingerprint density at radius 1 is 1.21 bits per heavy atom. The number of aromatic nitrogens is 1. The second-order valence-corrected chi connectivity index (χ2v) is 6.99. The first-order valence-corrected chi connectivity index (χ1v) is 9.35. The minimum Gasteiger partial charge on any atom is -0.494 e. The molecule has 24 heavy (non-hydrogen) atoms. The van der Waals surface area contributed by atoms with Crippen molar-refractivity contribution in [2.75, 3.05) is 17.2 Å². The summed E-state index contributed by atoms with van der Waals surface area (Å²) in [7, 11) is 0. The van der Waals surface area contributed by atoms with Crippen molar-refractivity contribution in [3.05, 3.63) is 34.8 Å². The third-order valence-corrected chi connectivity index (χ3v) is 5.02. The zero-order valence-electron chi connectivity index (χ0n) is 13.9. The second kappa shape index (κ2) is 8.15. The van der Waals surface area contributed by atoms with Crippen LogP contribution >= 0.6 is 11.3 Å². The van der Waals surface area contributed by atoms with Gasteiger partial charge in [0.15, 0.2) is 5.13 Å². The zero-order valence-corrected chi connectivity index (χ0v) is 14.7. The Labute approximate surface area is 146 Å². The highest BCUT2D eigenvalue weighted by Gasteiger charge is 2.16. The van der Waals surface area contributed by atoms with E-state index in [2.05, 4.69) is 22.5 Å². The average molecular weight is 345 g/mol. The molecule has 0 saturated heterocycles. The number of aryl methyl sites for hydroxylation is 2. The van der Waals surface area contributed by atoms with E-state index < -0.39 is 0 Å². The Kier molecular flexibility index (Phi) is 5.69. The van der Waals surface area contributed by atoms with Crippen molar-refractivity contribution in [3.63, 3.8) is 0 Å². The quantitative estimate of drug-likeness (QED) is 0.736. The fourth-order valence-corrected chi connectivity index (χ4v) is 3.68. The monoisotopic (exact) mass is 345 g/mol. The van der Waals surface area contributed by atoms with Crippen molar-refractivity contribution in [2.24, 2.45) is 0 Å². The molecule has 1 aromatic carbocycles. The fourth-order valence-electron chi connectivity index (χ4n) is 2.63. The maximum Gasteiger partial charge on any atom is 0.325 e. The summed E-state index contributed by atoms with van der Waals surface area (Å²) in [5.74, 6) is 0.821. The molecule has 2 amide bonds. The van der Waals surface area contributed by atoms with Crippen LogP contribution < -0.4 is 15.4 Å². The first-order valence-electron chi connectivity index (χ1n) is 8.54. The number of carbonyl (C=O) groups is 1. The highest BCUT2D eigenvalue weighted by Crippen LogP contribution is 2.29. The predicted molar refractivity (Wildman–Crippen MR) is 98.2 cm³/mol. The summed E-state index contributed by atoms with van der Waals surface area (Å²) in [6, 6.07) is 7.16. The summed E-state index contributed by atoms with van der Waals surface area (Å²) in [6.45, 7) is 2.85. The molecule has 0 fully saturated rings. The molecule has 2 N–H and O–H groups in total. The molecule has 1 heterocycles. The van der Waals surface area contributed by atoms with Crippen molar-refractivity contribution < 1.29 is 9.53 Å². The minimum atomic E-state index is -0.263. The molecule has 0 spiro atoms. The molecule has 0 atom stereocenters. The van der Waals surface area contributed by atoms with Gasteiger partial charge < -0.3 is 10.1 Å². The van der Waals surface area contributed by atoms with Crippen LogP contribution in [0.1, 0.15) is 43.2 Å². The molecule has 1 aliphatic carbocycles. The van der Waals surface area contributed by atoms with Gasteiger partial charge in [-0.1, -0.05) is 13.3 Å². The SMILES string of the molecule is CCCCOc1ccc(NC(=O)Nc2nc3c(s2)CCCC3)cc1. The summed E-state index contributed by atoms with van der Waals surface area (Å²) >= 11 is 1.58. The van der Waals surface area contributed by atoms with E-state index >= 15 is 0 Å². The number of benzene rings is 1. The fraction of sp³-hybridized carbons (Fsp3) is 0.444. The van der Waals surface area contributed by atoms with Crippen molar-refractivity contribution >= 4 is 28.2 Å². The van der Waals surface area contributed by atoms with Gasteiger partial charge in [-0.15, -0.1) is 11.3 Å². The van der Waals surface area contributed by atoms with Crippen LogP contribution in [0.5, 0.6) is 5.75 Å². The van der Waals surface area contributed by atoms with Crippen LogP contribution in [0.2, 0.25) is 0 Å². The second-order valence-electron chi connectivity index (χ2n) is 5.90. The van der Waals surface area contributed by atoms with E-state index in [1.165, 1.54) is 17.7 Å². The number of fused-ring (bicyclic) bond motifs is 1. The van der Waals surface area contributed by atoms with Gasteiger partial charge in [0.05, 0.1) is 12.3 Å². The van der Waals surface area contributed by atoms with E-state index in [-0.39, 0.29) is 6.03 Å². The molecule has 0 bridgehead atoms. The van der Waals surface area contributed by atoms with Gasteiger partial charge in [0.1, 0.15) is 5.75 Å². The summed E-state index contributed by atoms with van der Waals surface area (Å²) in [5, 5.41) is 6.34. The third-order valence-electron chi connectivity index (χ3n) is 3.94. The van der Waals surface area contributed by atoms with E-state index in [0.29, 0.717) is 5.13 Å². The highest BCUT2D eigenvalue weighted by molar-refractivity contribution is 7.15. The number of ether oxygens (including phenoxy) is 1. The normalized spacial score (nSPS) is 13.2. The number of thiazole rings is 1. The first kappa shape index (κ1) is 16.8. The maximum atomic E-state index is 12.1. The number of anilines is 2. The molecule has 0 saturated carbocycles. The third kappa shape index (κ3) is 4.47. The Morgan fingerprint density at radius 3 is 2.75 bits per heavy atom. The zero-order chi connectivity index (χ0) is 16.8. The van der Waals surface area contributed by atoms with Gasteiger partial charge in [-0.05, 0) is 56.4 Å². The summed E-state index contributed by atoms with van der Waals surface area (Å²) in [5.41, 5.74) is 1.88. The summed E-state index contributed by atoms with van der Waals surface area (Å²) < 4.78 is 5.61. The van der Waals surface area contributed by atoms with Crippen molar-refractivity contribution in [3.8, 4) is 5.75 Å². The van der Waals surface area contributed by atoms with Gasteiger partial charge in [0.2, 0.25) is 0 Å². The highest BCUT2D eigenvalue weighted by atomic mass is 32.1. The predicted octanol–water partition coefficient (Wildman–Crippen LogP) is 4.84. The van der Waals surface area contributed by atoms with E-state index in [9.17, 15) is 4.79 Å². The molecular formula is C18H23N3O2S. The molecule has 2 aromatic rings. The lowest BCUT2D eigenvalue weighted by Crippen LogP contribution is -2.19. The van der Waals surface area contributed by atoms with Gasteiger partial charge >= 0.3 is 6.03 Å². The van der Waals surface area contributed by atoms with E-state index in [4.69, 9.17) is 4.74 Å². The largest absolute Gasteiger partial charge is 0.494 e. The molecule has 128 valence electrons. The molecular weight excluding hydrogens is 322 g/mol. The van der Waals surface area contributed by atoms with Gasteiger partial charge in [0.25, 0.3) is 0 Å². The minimum absolute atomic E-state index is 0.263. The van der Waals surface area contributed by atoms with Crippen LogP contribution in [0.4, 0.5) is 15.6 Å². The van der Waals surface area contributed by atoms with Crippen LogP contribution in [-0.2, 0) is 12.8 Å². The van der Waals surface area contributed by atoms with Crippen LogP contribution in [0.15, 0.2) is 24.3 Å². The van der Waals surface area contributed by atoms with Gasteiger partial charge in [-0.2, -0.15) is 0 Å². The number of amides is 2. The van der Waals surface area contributed by atoms with Crippen molar-refractivity contribution in [2.45, 2.75) is 45.4 Å². The number of carbonyl (C=O) groups excluding carboxylic acids is 1. The summed E-state index contributed by atoms with van der Waals surface area (Å²) in [6.07, 6.45) is 6.66. The number of hydrogen-bond acceptors (Lipinski definition) is 4. The Balaban J connectivity index is 1.52. The molecule has 6 heteroatoms. The Morgan fingerprint density at radius 2 is 2.00 bits per heavy atom. The molecule has 0 unspecified atom stereocenters. The number of hydrogen-bond donors (Lipinski definition) is 2. The molecule has 1 aromatic heterocycles. The number of nitrogens with one attached hydrogen (secondary N) is 2. The van der Waals surface area contributed by atoms with E-state index in [1.807, 2.05) is 24.3 Å². The van der Waals surface area contributed by atoms with Crippen LogP contribution in [0.3, 0.4) is 0 Å². The average Bonchev–Trinajstić information content (AvgIpc) is 2.98. The number of unbranched alkanes of at least 4 members (excludes halogenated alkanes) is 1. The molecule has 5 nitrogen and oxygen atoms in total. The van der Waals surface area contributed by atoms with Gasteiger partial charge in [-0.3, -0.25) is 5.32 Å². The van der Waals surface area contributed by atoms with Crippen molar-refractivity contribution in [1.29, 1.82) is 0 Å². The number of rotatable bonds is 6. The topological polar surface area (TPSA) is 63.2 Å². The van der Waals surface area contributed by atoms with Crippen LogP contribution in [0.25, 0.3) is 0 Å². The number of urea groups is 1. The molecule has 1 aliphatic rings. The van der Waals surface area contributed by atoms with Gasteiger partial charge in [0, 0.05) is 10.6 Å². The molecule has 0 aliphatic heterocycles. The Hall–Kier alpha value is -2.08. The maximum absolute atomic E-state index is 12.1. The summed E-state index contributed by atoms with van der Waals surface area (Å²) in [4.78, 5) is 17.9. The Bertz CT molecular complexity index is 659.